The zero-order valence-corrected chi connectivity index (χ0v) is 10.2. The van der Waals surface area contributed by atoms with Crippen LogP contribution in [0.25, 0.3) is 11.0 Å². The van der Waals surface area contributed by atoms with Gasteiger partial charge in [0.25, 0.3) is 0 Å². The van der Waals surface area contributed by atoms with Gasteiger partial charge in [0.05, 0.1) is 23.4 Å². The van der Waals surface area contributed by atoms with Crippen molar-refractivity contribution in [2.75, 3.05) is 18.0 Å². The SMILES string of the molecule is FC(F)(F)C1CCN(c2cccc3[nH]cnc23)CC1. The Kier molecular flexibility index (Phi) is 2.88. The predicted molar refractivity (Wildman–Crippen MR) is 67.1 cm³/mol. The molecule has 0 bridgehead atoms. The van der Waals surface area contributed by atoms with Crippen LogP contribution in [0.4, 0.5) is 18.9 Å². The van der Waals surface area contributed by atoms with E-state index in [1.165, 1.54) is 0 Å². The quantitative estimate of drug-likeness (QED) is 0.861. The monoisotopic (exact) mass is 269 g/mol. The van der Waals surface area contributed by atoms with Crippen LogP contribution in [0.3, 0.4) is 0 Å². The van der Waals surface area contributed by atoms with Gasteiger partial charge in [-0.2, -0.15) is 13.2 Å². The van der Waals surface area contributed by atoms with E-state index >= 15 is 0 Å². The number of benzene rings is 1. The molecule has 2 heterocycles. The molecule has 2 aromatic rings. The number of rotatable bonds is 1. The van der Waals surface area contributed by atoms with E-state index in [1.54, 1.807) is 6.33 Å². The summed E-state index contributed by atoms with van der Waals surface area (Å²) >= 11 is 0. The first-order valence-electron chi connectivity index (χ1n) is 6.29. The second-order valence-electron chi connectivity index (χ2n) is 4.88. The fourth-order valence-corrected chi connectivity index (χ4v) is 2.65. The molecule has 0 atom stereocenters. The van der Waals surface area contributed by atoms with E-state index in [-0.39, 0.29) is 12.8 Å². The van der Waals surface area contributed by atoms with Crippen molar-refractivity contribution in [3.05, 3.63) is 24.5 Å². The molecule has 0 spiro atoms. The van der Waals surface area contributed by atoms with Gasteiger partial charge in [0.2, 0.25) is 0 Å². The van der Waals surface area contributed by atoms with Crippen LogP contribution in [0, 0.1) is 5.92 Å². The van der Waals surface area contributed by atoms with Crippen LogP contribution in [0.15, 0.2) is 24.5 Å². The van der Waals surface area contributed by atoms with Gasteiger partial charge < -0.3 is 9.88 Å². The van der Waals surface area contributed by atoms with Crippen LogP contribution < -0.4 is 4.90 Å². The van der Waals surface area contributed by atoms with E-state index in [0.717, 1.165) is 16.7 Å². The molecule has 0 amide bonds. The summed E-state index contributed by atoms with van der Waals surface area (Å²) in [5, 5.41) is 0. The molecule has 19 heavy (non-hydrogen) atoms. The van der Waals surface area contributed by atoms with Crippen molar-refractivity contribution in [2.45, 2.75) is 19.0 Å². The number of hydrogen-bond acceptors (Lipinski definition) is 2. The van der Waals surface area contributed by atoms with Crippen LogP contribution in [0.5, 0.6) is 0 Å². The lowest BCUT2D eigenvalue weighted by Crippen LogP contribution is -2.39. The largest absolute Gasteiger partial charge is 0.391 e. The molecule has 0 saturated carbocycles. The first-order valence-corrected chi connectivity index (χ1v) is 6.29. The topological polar surface area (TPSA) is 31.9 Å². The summed E-state index contributed by atoms with van der Waals surface area (Å²) in [6.45, 7) is 0.853. The molecule has 1 aliphatic rings. The highest BCUT2D eigenvalue weighted by atomic mass is 19.4. The number of hydrogen-bond donors (Lipinski definition) is 1. The van der Waals surface area contributed by atoms with Gasteiger partial charge in [-0.15, -0.1) is 0 Å². The van der Waals surface area contributed by atoms with Crippen molar-refractivity contribution in [2.24, 2.45) is 5.92 Å². The maximum Gasteiger partial charge on any atom is 0.391 e. The van der Waals surface area contributed by atoms with E-state index in [4.69, 9.17) is 0 Å². The smallest absolute Gasteiger partial charge is 0.370 e. The number of anilines is 1. The lowest BCUT2D eigenvalue weighted by atomic mass is 9.96. The third-order valence-electron chi connectivity index (χ3n) is 3.73. The molecular formula is C13H14F3N3. The maximum absolute atomic E-state index is 12.6. The predicted octanol–water partition coefficient (Wildman–Crippen LogP) is 3.34. The molecule has 3 rings (SSSR count). The molecule has 1 aromatic carbocycles. The van der Waals surface area contributed by atoms with Crippen molar-refractivity contribution in [1.29, 1.82) is 0 Å². The standard InChI is InChI=1S/C13H14F3N3/c14-13(15,16)9-4-6-19(7-5-9)11-3-1-2-10-12(11)18-8-17-10/h1-3,8-9H,4-7H2,(H,17,18). The van der Waals surface area contributed by atoms with Crippen molar-refractivity contribution in [3.63, 3.8) is 0 Å². The molecule has 1 fully saturated rings. The highest BCUT2D eigenvalue weighted by Gasteiger charge is 2.41. The highest BCUT2D eigenvalue weighted by Crippen LogP contribution is 2.36. The summed E-state index contributed by atoms with van der Waals surface area (Å²) < 4.78 is 37.9. The fourth-order valence-electron chi connectivity index (χ4n) is 2.65. The Morgan fingerprint density at radius 2 is 1.95 bits per heavy atom. The molecule has 1 aliphatic heterocycles. The summed E-state index contributed by atoms with van der Waals surface area (Å²) in [5.74, 6) is -1.16. The number of nitrogens with zero attached hydrogens (tertiary/aromatic N) is 2. The minimum Gasteiger partial charge on any atom is -0.370 e. The van der Waals surface area contributed by atoms with Gasteiger partial charge in [0, 0.05) is 13.1 Å². The van der Waals surface area contributed by atoms with Crippen molar-refractivity contribution < 1.29 is 13.2 Å². The number of aromatic nitrogens is 2. The second-order valence-corrected chi connectivity index (χ2v) is 4.88. The Morgan fingerprint density at radius 3 is 2.63 bits per heavy atom. The van der Waals surface area contributed by atoms with E-state index in [1.807, 2.05) is 23.1 Å². The number of H-pyrrole nitrogens is 1. The molecule has 1 saturated heterocycles. The summed E-state index contributed by atoms with van der Waals surface area (Å²) in [6, 6.07) is 5.72. The number of imidazole rings is 1. The average molecular weight is 269 g/mol. The van der Waals surface area contributed by atoms with E-state index in [2.05, 4.69) is 9.97 Å². The minimum atomic E-state index is -4.07. The van der Waals surface area contributed by atoms with Crippen LogP contribution >= 0.6 is 0 Å². The van der Waals surface area contributed by atoms with Gasteiger partial charge >= 0.3 is 6.18 Å². The molecule has 1 aromatic heterocycles. The average Bonchev–Trinajstić information content (AvgIpc) is 2.86. The van der Waals surface area contributed by atoms with Gasteiger partial charge in [-0.05, 0) is 25.0 Å². The third kappa shape index (κ3) is 2.27. The van der Waals surface area contributed by atoms with E-state index in [0.29, 0.717) is 13.1 Å². The summed E-state index contributed by atoms with van der Waals surface area (Å²) in [7, 11) is 0. The number of aromatic amines is 1. The second kappa shape index (κ2) is 4.43. The van der Waals surface area contributed by atoms with Crippen LogP contribution in [-0.2, 0) is 0 Å². The lowest BCUT2D eigenvalue weighted by Gasteiger charge is -2.34. The first kappa shape index (κ1) is 12.3. The van der Waals surface area contributed by atoms with Gasteiger partial charge in [-0.3, -0.25) is 0 Å². The zero-order chi connectivity index (χ0) is 13.5. The van der Waals surface area contributed by atoms with E-state index < -0.39 is 12.1 Å². The minimum absolute atomic E-state index is 0.157. The van der Waals surface area contributed by atoms with Crippen LogP contribution in [-0.4, -0.2) is 29.2 Å². The van der Waals surface area contributed by atoms with Crippen molar-refractivity contribution in [1.82, 2.24) is 9.97 Å². The van der Waals surface area contributed by atoms with E-state index in [9.17, 15) is 13.2 Å². The Hall–Kier alpha value is -1.72. The Labute approximate surface area is 108 Å². The van der Waals surface area contributed by atoms with Gasteiger partial charge in [0.15, 0.2) is 0 Å². The molecule has 6 heteroatoms. The lowest BCUT2D eigenvalue weighted by molar-refractivity contribution is -0.179. The Bertz CT molecular complexity index is 568. The first-order chi connectivity index (χ1) is 9.05. The number of halogens is 3. The number of para-hydroxylation sites is 1. The summed E-state index contributed by atoms with van der Waals surface area (Å²) in [4.78, 5) is 9.25. The molecule has 102 valence electrons. The fraction of sp³-hybridized carbons (Fsp3) is 0.462. The van der Waals surface area contributed by atoms with Crippen LogP contribution in [0.1, 0.15) is 12.8 Å². The number of piperidine rings is 1. The Balaban J connectivity index is 1.80. The molecule has 0 unspecified atom stereocenters. The summed E-state index contributed by atoms with van der Waals surface area (Å²) in [5.41, 5.74) is 2.66. The molecule has 3 nitrogen and oxygen atoms in total. The van der Waals surface area contributed by atoms with Crippen molar-refractivity contribution >= 4 is 16.7 Å². The summed E-state index contributed by atoms with van der Waals surface area (Å²) in [6.07, 6.45) is -2.14. The molecule has 0 radical (unpaired) electrons. The number of alkyl halides is 3. The molecule has 0 aliphatic carbocycles. The number of fused-ring (bicyclic) bond motifs is 1. The molecular weight excluding hydrogens is 255 g/mol. The zero-order valence-electron chi connectivity index (χ0n) is 10.2. The van der Waals surface area contributed by atoms with Gasteiger partial charge in [0.1, 0.15) is 5.52 Å². The normalized spacial score (nSPS) is 18.2. The van der Waals surface area contributed by atoms with Crippen molar-refractivity contribution in [3.8, 4) is 0 Å². The van der Waals surface area contributed by atoms with Gasteiger partial charge in [-0.1, -0.05) is 6.07 Å². The molecule has 1 N–H and O–H groups in total. The van der Waals surface area contributed by atoms with Crippen LogP contribution in [0.2, 0.25) is 0 Å². The Morgan fingerprint density at radius 1 is 1.21 bits per heavy atom. The maximum atomic E-state index is 12.6. The number of nitrogens with one attached hydrogen (secondary N) is 1. The van der Waals surface area contributed by atoms with Gasteiger partial charge in [-0.25, -0.2) is 4.98 Å². The highest BCUT2D eigenvalue weighted by molar-refractivity contribution is 5.88. The third-order valence-corrected chi connectivity index (χ3v) is 3.73.